The Morgan fingerprint density at radius 3 is 2.43 bits per heavy atom. The molecule has 28 heavy (non-hydrogen) atoms. The largest absolute Gasteiger partial charge is 0.493 e. The molecule has 0 amide bonds. The van der Waals surface area contributed by atoms with Crippen molar-refractivity contribution in [2.24, 2.45) is 4.99 Å². The normalized spacial score (nSPS) is 12.3. The van der Waals surface area contributed by atoms with Crippen LogP contribution in [0.15, 0.2) is 47.5 Å². The molecule has 0 bridgehead atoms. The number of anilines is 1. The molecular weight excluding hydrogens is 352 g/mol. The number of hydrogen-bond donors (Lipinski definition) is 2. The zero-order valence-corrected chi connectivity index (χ0v) is 17.7. The summed E-state index contributed by atoms with van der Waals surface area (Å²) in [6.45, 7) is 5.47. The first-order chi connectivity index (χ1) is 13.4. The quantitative estimate of drug-likeness (QED) is 0.541. The number of benzene rings is 2. The summed E-state index contributed by atoms with van der Waals surface area (Å²) in [7, 11) is 7.51. The van der Waals surface area contributed by atoms with Gasteiger partial charge < -0.3 is 25.0 Å². The monoisotopic (exact) mass is 384 g/mol. The third-order valence-electron chi connectivity index (χ3n) is 4.47. The Kier molecular flexibility index (Phi) is 7.99. The number of aryl methyl sites for hydroxylation is 1. The van der Waals surface area contributed by atoms with Gasteiger partial charge in [-0.15, -0.1) is 0 Å². The zero-order valence-electron chi connectivity index (χ0n) is 17.7. The topological polar surface area (TPSA) is 58.1 Å². The van der Waals surface area contributed by atoms with Crippen LogP contribution in [0.3, 0.4) is 0 Å². The predicted octanol–water partition coefficient (Wildman–Crippen LogP) is 3.20. The second kappa shape index (κ2) is 10.4. The summed E-state index contributed by atoms with van der Waals surface area (Å²) in [5, 5.41) is 6.67. The molecule has 0 fully saturated rings. The number of nitrogens with one attached hydrogen (secondary N) is 2. The number of rotatable bonds is 8. The van der Waals surface area contributed by atoms with Gasteiger partial charge in [0.2, 0.25) is 0 Å². The summed E-state index contributed by atoms with van der Waals surface area (Å²) in [6, 6.07) is 14.1. The first-order valence-electron chi connectivity index (χ1n) is 9.45. The number of methoxy groups -OCH3 is 1. The molecule has 6 heteroatoms. The first kappa shape index (κ1) is 21.4. The summed E-state index contributed by atoms with van der Waals surface area (Å²) in [5.41, 5.74) is 3.69. The molecule has 6 nitrogen and oxygen atoms in total. The van der Waals surface area contributed by atoms with E-state index in [1.54, 1.807) is 14.2 Å². The maximum Gasteiger partial charge on any atom is 0.191 e. The van der Waals surface area contributed by atoms with Crippen molar-refractivity contribution in [1.82, 2.24) is 10.6 Å². The highest BCUT2D eigenvalue weighted by Crippen LogP contribution is 2.26. The molecule has 2 aromatic carbocycles. The van der Waals surface area contributed by atoms with Crippen molar-refractivity contribution in [2.45, 2.75) is 26.5 Å². The third kappa shape index (κ3) is 6.08. The fourth-order valence-electron chi connectivity index (χ4n) is 2.77. The van der Waals surface area contributed by atoms with Crippen LogP contribution in [0.5, 0.6) is 11.5 Å². The lowest BCUT2D eigenvalue weighted by Crippen LogP contribution is -2.41. The van der Waals surface area contributed by atoms with Crippen LogP contribution in [0.4, 0.5) is 5.69 Å². The van der Waals surface area contributed by atoms with Gasteiger partial charge in [0.05, 0.1) is 13.7 Å². The summed E-state index contributed by atoms with van der Waals surface area (Å²) in [5.74, 6) is 2.21. The first-order valence-corrected chi connectivity index (χ1v) is 9.45. The van der Waals surface area contributed by atoms with E-state index in [1.165, 1.54) is 16.8 Å². The lowest BCUT2D eigenvalue weighted by Gasteiger charge is -2.19. The van der Waals surface area contributed by atoms with E-state index in [2.05, 4.69) is 45.6 Å². The molecule has 0 aliphatic heterocycles. The number of para-hydroxylation sites is 2. The molecule has 1 unspecified atom stereocenters. The lowest BCUT2D eigenvalue weighted by molar-refractivity contribution is 0.213. The summed E-state index contributed by atoms with van der Waals surface area (Å²) < 4.78 is 11.3. The molecule has 2 N–H and O–H groups in total. The highest BCUT2D eigenvalue weighted by Gasteiger charge is 2.10. The van der Waals surface area contributed by atoms with Gasteiger partial charge in [-0.1, -0.05) is 18.2 Å². The number of hydrogen-bond acceptors (Lipinski definition) is 4. The molecule has 152 valence electrons. The molecule has 0 heterocycles. The van der Waals surface area contributed by atoms with Gasteiger partial charge in [-0.05, 0) is 49.2 Å². The number of aliphatic imine (C=N–C) groups is 1. The number of nitrogens with zero attached hydrogens (tertiary/aromatic N) is 2. The minimum absolute atomic E-state index is 0.0454. The van der Waals surface area contributed by atoms with Crippen LogP contribution in [0.25, 0.3) is 0 Å². The van der Waals surface area contributed by atoms with Crippen molar-refractivity contribution < 1.29 is 9.47 Å². The highest BCUT2D eigenvalue weighted by molar-refractivity contribution is 5.79. The Morgan fingerprint density at radius 2 is 1.82 bits per heavy atom. The highest BCUT2D eigenvalue weighted by atomic mass is 16.5. The Bertz CT molecular complexity index is 790. The van der Waals surface area contributed by atoms with Gasteiger partial charge in [-0.3, -0.25) is 4.99 Å². The average Bonchev–Trinajstić information content (AvgIpc) is 2.69. The molecule has 0 saturated heterocycles. The lowest BCUT2D eigenvalue weighted by atomic mass is 10.1. The van der Waals surface area contributed by atoms with Crippen molar-refractivity contribution in [1.29, 1.82) is 0 Å². The summed E-state index contributed by atoms with van der Waals surface area (Å²) in [6.07, 6.45) is -0.0454. The van der Waals surface area contributed by atoms with E-state index in [1.807, 2.05) is 45.3 Å². The average molecular weight is 385 g/mol. The minimum Gasteiger partial charge on any atom is -0.493 e. The van der Waals surface area contributed by atoms with Crippen LogP contribution in [0.2, 0.25) is 0 Å². The summed E-state index contributed by atoms with van der Waals surface area (Å²) >= 11 is 0. The van der Waals surface area contributed by atoms with E-state index in [-0.39, 0.29) is 6.10 Å². The van der Waals surface area contributed by atoms with Crippen LogP contribution in [0.1, 0.15) is 18.1 Å². The Hall–Kier alpha value is -2.89. The van der Waals surface area contributed by atoms with Gasteiger partial charge in [-0.2, -0.15) is 0 Å². The van der Waals surface area contributed by atoms with E-state index >= 15 is 0 Å². The molecular formula is C22H32N4O2. The third-order valence-corrected chi connectivity index (χ3v) is 4.47. The van der Waals surface area contributed by atoms with Crippen molar-refractivity contribution in [3.63, 3.8) is 0 Å². The van der Waals surface area contributed by atoms with Crippen LogP contribution < -0.4 is 25.0 Å². The van der Waals surface area contributed by atoms with Gasteiger partial charge in [0.1, 0.15) is 6.10 Å². The van der Waals surface area contributed by atoms with Crippen LogP contribution in [-0.2, 0) is 6.54 Å². The fourth-order valence-corrected chi connectivity index (χ4v) is 2.77. The van der Waals surface area contributed by atoms with Crippen LogP contribution in [0, 0.1) is 6.92 Å². The molecule has 2 aromatic rings. The van der Waals surface area contributed by atoms with E-state index in [0.717, 1.165) is 17.5 Å². The maximum atomic E-state index is 5.97. The second-order valence-electron chi connectivity index (χ2n) is 6.89. The van der Waals surface area contributed by atoms with Crippen LogP contribution in [-0.4, -0.2) is 46.9 Å². The van der Waals surface area contributed by atoms with Gasteiger partial charge in [0.25, 0.3) is 0 Å². The van der Waals surface area contributed by atoms with Crippen molar-refractivity contribution in [3.05, 3.63) is 53.6 Å². The Balaban J connectivity index is 1.86. The van der Waals surface area contributed by atoms with Crippen molar-refractivity contribution >= 4 is 11.6 Å². The minimum atomic E-state index is -0.0454. The van der Waals surface area contributed by atoms with Gasteiger partial charge in [-0.25, -0.2) is 0 Å². The molecule has 0 spiro atoms. The fraction of sp³-hybridized carbons (Fsp3) is 0.409. The number of ether oxygens (including phenoxy) is 2. The molecule has 0 aliphatic rings. The van der Waals surface area contributed by atoms with E-state index in [4.69, 9.17) is 9.47 Å². The molecule has 0 aliphatic carbocycles. The van der Waals surface area contributed by atoms with Gasteiger partial charge in [0, 0.05) is 33.4 Å². The molecule has 0 radical (unpaired) electrons. The zero-order chi connectivity index (χ0) is 20.5. The van der Waals surface area contributed by atoms with Gasteiger partial charge in [0.15, 0.2) is 17.5 Å². The standard InChI is InChI=1S/C22H32N4O2/c1-16-13-19(26(4)5)12-11-18(16)15-25-22(23-3)24-14-17(2)28-21-10-8-7-9-20(21)27-6/h7-13,17H,14-15H2,1-6H3,(H2,23,24,25). The molecule has 0 saturated carbocycles. The van der Waals surface area contributed by atoms with E-state index < -0.39 is 0 Å². The smallest absolute Gasteiger partial charge is 0.191 e. The maximum absolute atomic E-state index is 5.97. The van der Waals surface area contributed by atoms with E-state index in [0.29, 0.717) is 13.1 Å². The van der Waals surface area contributed by atoms with Crippen LogP contribution >= 0.6 is 0 Å². The molecule has 0 aromatic heterocycles. The van der Waals surface area contributed by atoms with Crippen molar-refractivity contribution in [2.75, 3.05) is 39.7 Å². The molecule has 1 atom stereocenters. The van der Waals surface area contributed by atoms with Crippen molar-refractivity contribution in [3.8, 4) is 11.5 Å². The van der Waals surface area contributed by atoms with Gasteiger partial charge >= 0.3 is 0 Å². The number of guanidine groups is 1. The predicted molar refractivity (Wildman–Crippen MR) is 117 cm³/mol. The molecule has 2 rings (SSSR count). The SMILES string of the molecule is CN=C(NCc1ccc(N(C)C)cc1C)NCC(C)Oc1ccccc1OC. The Morgan fingerprint density at radius 1 is 1.11 bits per heavy atom. The Labute approximate surface area is 168 Å². The van der Waals surface area contributed by atoms with E-state index in [9.17, 15) is 0 Å². The second-order valence-corrected chi connectivity index (χ2v) is 6.89. The summed E-state index contributed by atoms with van der Waals surface area (Å²) in [4.78, 5) is 6.40.